The summed E-state index contributed by atoms with van der Waals surface area (Å²) in [5.74, 6) is 2.21. The average Bonchev–Trinajstić information content (AvgIpc) is 3.23. The highest BCUT2D eigenvalue weighted by atomic mass is 32.2. The Hall–Kier alpha value is -1.86. The van der Waals surface area contributed by atoms with E-state index in [9.17, 15) is 0 Å². The number of benzene rings is 1. The number of methoxy groups -OCH3 is 1. The van der Waals surface area contributed by atoms with Crippen molar-refractivity contribution in [1.29, 1.82) is 0 Å². The molecule has 3 rings (SSSR count). The van der Waals surface area contributed by atoms with Gasteiger partial charge in [-0.3, -0.25) is 0 Å². The number of thioether (sulfide) groups is 1. The number of hydrogen-bond acceptors (Lipinski definition) is 7. The Morgan fingerprint density at radius 1 is 1.21 bits per heavy atom. The lowest BCUT2D eigenvalue weighted by Crippen LogP contribution is -1.89. The molecule has 0 fully saturated rings. The molecule has 0 spiro atoms. The summed E-state index contributed by atoms with van der Waals surface area (Å²) in [5.41, 5.74) is 2.18. The second-order valence-electron chi connectivity index (χ2n) is 5.26. The van der Waals surface area contributed by atoms with Crippen LogP contribution in [0.15, 0.2) is 39.3 Å². The Bertz CT molecular complexity index is 768. The molecule has 5 nitrogen and oxygen atoms in total. The van der Waals surface area contributed by atoms with E-state index in [0.29, 0.717) is 17.5 Å². The lowest BCUT2D eigenvalue weighted by atomic mass is 10.1. The van der Waals surface area contributed by atoms with Crippen molar-refractivity contribution in [3.63, 3.8) is 0 Å². The second kappa shape index (κ2) is 8.30. The van der Waals surface area contributed by atoms with Crippen molar-refractivity contribution in [1.82, 2.24) is 15.2 Å². The molecule has 126 valence electrons. The number of ether oxygens (including phenoxy) is 1. The van der Waals surface area contributed by atoms with Gasteiger partial charge >= 0.3 is 0 Å². The molecular weight excluding hydrogens is 342 g/mol. The van der Waals surface area contributed by atoms with Crippen molar-refractivity contribution in [2.45, 2.75) is 37.2 Å². The third kappa shape index (κ3) is 4.58. The van der Waals surface area contributed by atoms with Crippen LogP contribution in [0.3, 0.4) is 0 Å². The van der Waals surface area contributed by atoms with Crippen molar-refractivity contribution in [3.8, 4) is 5.75 Å². The predicted octanol–water partition coefficient (Wildman–Crippen LogP) is 4.37. The average molecular weight is 361 g/mol. The number of hydrogen-bond donors (Lipinski definition) is 0. The summed E-state index contributed by atoms with van der Waals surface area (Å²) in [7, 11) is 1.66. The third-order valence-corrected chi connectivity index (χ3v) is 5.18. The van der Waals surface area contributed by atoms with E-state index in [-0.39, 0.29) is 0 Å². The van der Waals surface area contributed by atoms with Crippen molar-refractivity contribution in [2.75, 3.05) is 7.11 Å². The van der Waals surface area contributed by atoms with Crippen LogP contribution in [-0.4, -0.2) is 22.3 Å². The molecular formula is C17H19N3O2S2. The van der Waals surface area contributed by atoms with Gasteiger partial charge < -0.3 is 9.15 Å². The van der Waals surface area contributed by atoms with Gasteiger partial charge in [-0.05, 0) is 30.5 Å². The van der Waals surface area contributed by atoms with E-state index in [1.807, 2.05) is 24.3 Å². The first kappa shape index (κ1) is 17.0. The van der Waals surface area contributed by atoms with E-state index in [2.05, 4.69) is 27.5 Å². The van der Waals surface area contributed by atoms with Gasteiger partial charge in [-0.1, -0.05) is 30.8 Å². The highest BCUT2D eigenvalue weighted by molar-refractivity contribution is 7.98. The van der Waals surface area contributed by atoms with Gasteiger partial charge in [0, 0.05) is 11.1 Å². The van der Waals surface area contributed by atoms with Gasteiger partial charge in [0.15, 0.2) is 0 Å². The maximum Gasteiger partial charge on any atom is 0.276 e. The molecule has 24 heavy (non-hydrogen) atoms. The summed E-state index contributed by atoms with van der Waals surface area (Å²) >= 11 is 3.24. The van der Waals surface area contributed by atoms with Crippen molar-refractivity contribution < 1.29 is 9.15 Å². The molecule has 3 aromatic rings. The van der Waals surface area contributed by atoms with Gasteiger partial charge in [0.1, 0.15) is 5.75 Å². The van der Waals surface area contributed by atoms with Gasteiger partial charge in [-0.2, -0.15) is 0 Å². The lowest BCUT2D eigenvalue weighted by Gasteiger charge is -2.00. The molecule has 0 saturated heterocycles. The minimum atomic E-state index is 0.587. The Kier molecular flexibility index (Phi) is 5.87. The fourth-order valence-electron chi connectivity index (χ4n) is 2.17. The first-order valence-corrected chi connectivity index (χ1v) is 9.64. The van der Waals surface area contributed by atoms with Crippen LogP contribution in [0.4, 0.5) is 0 Å². The predicted molar refractivity (Wildman–Crippen MR) is 95.8 cm³/mol. The molecule has 0 saturated carbocycles. The quantitative estimate of drug-likeness (QED) is 0.555. The molecule has 0 bridgehead atoms. The summed E-state index contributed by atoms with van der Waals surface area (Å²) in [6.07, 6.45) is 2.79. The molecule has 0 aliphatic heterocycles. The van der Waals surface area contributed by atoms with Crippen molar-refractivity contribution in [3.05, 3.63) is 51.8 Å². The Morgan fingerprint density at radius 3 is 2.79 bits per heavy atom. The molecule has 0 aliphatic rings. The number of aryl methyl sites for hydroxylation is 1. The van der Waals surface area contributed by atoms with Crippen molar-refractivity contribution in [2.24, 2.45) is 0 Å². The summed E-state index contributed by atoms with van der Waals surface area (Å²) in [6.45, 7) is 2.17. The largest absolute Gasteiger partial charge is 0.497 e. The smallest absolute Gasteiger partial charge is 0.276 e. The molecule has 1 aromatic carbocycles. The SMILES string of the molecule is CCCc1nc(CSc2nnc(Cc3ccc(OC)cc3)o2)cs1. The monoisotopic (exact) mass is 361 g/mol. The van der Waals surface area contributed by atoms with E-state index in [1.165, 1.54) is 16.8 Å². The van der Waals surface area contributed by atoms with E-state index in [4.69, 9.17) is 9.15 Å². The molecule has 0 radical (unpaired) electrons. The fraction of sp³-hybridized carbons (Fsp3) is 0.353. The Labute approximate surface area is 149 Å². The minimum absolute atomic E-state index is 0.587. The maximum atomic E-state index is 5.71. The van der Waals surface area contributed by atoms with Crippen LogP contribution in [0, 0.1) is 0 Å². The van der Waals surface area contributed by atoms with Gasteiger partial charge in [0.2, 0.25) is 5.89 Å². The first-order valence-electron chi connectivity index (χ1n) is 7.78. The van der Waals surface area contributed by atoms with Gasteiger partial charge in [0.25, 0.3) is 5.22 Å². The van der Waals surface area contributed by atoms with Gasteiger partial charge in [-0.15, -0.1) is 21.5 Å². The van der Waals surface area contributed by atoms with Gasteiger partial charge in [-0.25, -0.2) is 4.98 Å². The Morgan fingerprint density at radius 2 is 2.04 bits per heavy atom. The number of rotatable bonds is 8. The highest BCUT2D eigenvalue weighted by Crippen LogP contribution is 2.24. The molecule has 0 N–H and O–H groups in total. The standard InChI is InChI=1S/C17H19N3O2S2/c1-3-4-16-18-13(10-23-16)11-24-17-20-19-15(22-17)9-12-5-7-14(21-2)8-6-12/h5-8,10H,3-4,9,11H2,1-2H3. The van der Waals surface area contributed by atoms with Crippen molar-refractivity contribution >= 4 is 23.1 Å². The van der Waals surface area contributed by atoms with Crippen LogP contribution in [0.25, 0.3) is 0 Å². The van der Waals surface area contributed by atoms with Crippen LogP contribution in [0.1, 0.15) is 35.5 Å². The van der Waals surface area contributed by atoms with Gasteiger partial charge in [0.05, 0.1) is 24.2 Å². The third-order valence-electron chi connectivity index (χ3n) is 3.37. The minimum Gasteiger partial charge on any atom is -0.497 e. The molecule has 2 heterocycles. The fourth-order valence-corrected chi connectivity index (χ4v) is 3.84. The second-order valence-corrected chi connectivity index (χ2v) is 7.13. The number of thiazole rings is 1. The van der Waals surface area contributed by atoms with E-state index in [0.717, 1.165) is 35.6 Å². The van der Waals surface area contributed by atoms with Crippen LogP contribution >= 0.6 is 23.1 Å². The normalized spacial score (nSPS) is 10.9. The maximum absolute atomic E-state index is 5.71. The molecule has 0 atom stereocenters. The number of aromatic nitrogens is 3. The highest BCUT2D eigenvalue weighted by Gasteiger charge is 2.09. The summed E-state index contributed by atoms with van der Waals surface area (Å²) in [4.78, 5) is 4.60. The molecule has 0 unspecified atom stereocenters. The Balaban J connectivity index is 1.54. The topological polar surface area (TPSA) is 61.0 Å². The molecule has 2 aromatic heterocycles. The van der Waals surface area contributed by atoms with Crippen LogP contribution in [0.2, 0.25) is 0 Å². The van der Waals surface area contributed by atoms with E-state index >= 15 is 0 Å². The summed E-state index contributed by atoms with van der Waals surface area (Å²) < 4.78 is 10.9. The van der Waals surface area contributed by atoms with E-state index < -0.39 is 0 Å². The summed E-state index contributed by atoms with van der Waals surface area (Å²) in [5, 5.41) is 12.1. The molecule has 0 amide bonds. The van der Waals surface area contributed by atoms with Crippen LogP contribution in [0.5, 0.6) is 5.75 Å². The zero-order chi connectivity index (χ0) is 16.8. The zero-order valence-electron chi connectivity index (χ0n) is 13.7. The van der Waals surface area contributed by atoms with Crippen LogP contribution in [-0.2, 0) is 18.6 Å². The van der Waals surface area contributed by atoms with E-state index in [1.54, 1.807) is 18.4 Å². The number of nitrogens with zero attached hydrogens (tertiary/aromatic N) is 3. The lowest BCUT2D eigenvalue weighted by molar-refractivity contribution is 0.413. The first-order chi connectivity index (χ1) is 11.8. The molecule has 0 aliphatic carbocycles. The van der Waals surface area contributed by atoms with Crippen LogP contribution < -0.4 is 4.74 Å². The zero-order valence-corrected chi connectivity index (χ0v) is 15.3. The summed E-state index contributed by atoms with van der Waals surface area (Å²) in [6, 6.07) is 7.86. The molecule has 7 heteroatoms.